The highest BCUT2D eigenvalue weighted by molar-refractivity contribution is 5.89. The van der Waals surface area contributed by atoms with Gasteiger partial charge in [-0.25, -0.2) is 4.79 Å². The Balaban J connectivity index is 1.83. The SMILES string of the molecule is Cc1cc(CNC(=O)Nc2ccc(N)cc2)no1. The third-order valence-corrected chi connectivity index (χ3v) is 2.28. The van der Waals surface area contributed by atoms with Crippen molar-refractivity contribution in [2.75, 3.05) is 11.1 Å². The van der Waals surface area contributed by atoms with E-state index in [4.69, 9.17) is 10.3 Å². The highest BCUT2D eigenvalue weighted by Gasteiger charge is 2.04. The maximum atomic E-state index is 11.6. The van der Waals surface area contributed by atoms with Crippen LogP contribution in [0.3, 0.4) is 0 Å². The van der Waals surface area contributed by atoms with E-state index in [1.165, 1.54) is 0 Å². The lowest BCUT2D eigenvalue weighted by molar-refractivity contribution is 0.251. The number of amides is 2. The van der Waals surface area contributed by atoms with E-state index in [1.54, 1.807) is 37.3 Å². The molecule has 0 spiro atoms. The zero-order valence-electron chi connectivity index (χ0n) is 9.93. The molecule has 6 nitrogen and oxygen atoms in total. The number of aromatic nitrogens is 1. The van der Waals surface area contributed by atoms with E-state index < -0.39 is 0 Å². The molecule has 0 bridgehead atoms. The highest BCUT2D eigenvalue weighted by atomic mass is 16.5. The van der Waals surface area contributed by atoms with Crippen LogP contribution in [-0.2, 0) is 6.54 Å². The van der Waals surface area contributed by atoms with Crippen LogP contribution in [0.5, 0.6) is 0 Å². The number of carbonyl (C=O) groups excluding carboxylic acids is 1. The first kappa shape index (κ1) is 12.0. The molecule has 0 saturated carbocycles. The molecule has 1 aromatic heterocycles. The van der Waals surface area contributed by atoms with Crippen molar-refractivity contribution in [3.8, 4) is 0 Å². The number of carbonyl (C=O) groups is 1. The van der Waals surface area contributed by atoms with Crippen LogP contribution in [-0.4, -0.2) is 11.2 Å². The van der Waals surface area contributed by atoms with Gasteiger partial charge in [0.2, 0.25) is 0 Å². The van der Waals surface area contributed by atoms with Crippen LogP contribution in [0.4, 0.5) is 16.2 Å². The third-order valence-electron chi connectivity index (χ3n) is 2.28. The van der Waals surface area contributed by atoms with Crippen molar-refractivity contribution >= 4 is 17.4 Å². The van der Waals surface area contributed by atoms with Gasteiger partial charge in [0.05, 0.1) is 6.54 Å². The second-order valence-corrected chi connectivity index (χ2v) is 3.86. The summed E-state index contributed by atoms with van der Waals surface area (Å²) < 4.78 is 4.89. The molecule has 4 N–H and O–H groups in total. The Morgan fingerprint density at radius 1 is 1.39 bits per heavy atom. The molecule has 2 aromatic rings. The zero-order valence-corrected chi connectivity index (χ0v) is 9.93. The van der Waals surface area contributed by atoms with Crippen LogP contribution in [0.1, 0.15) is 11.5 Å². The number of rotatable bonds is 3. The van der Waals surface area contributed by atoms with E-state index in [2.05, 4.69) is 15.8 Å². The minimum atomic E-state index is -0.305. The average molecular weight is 246 g/mol. The molecule has 0 aliphatic rings. The van der Waals surface area contributed by atoms with Gasteiger partial charge >= 0.3 is 6.03 Å². The lowest BCUT2D eigenvalue weighted by Crippen LogP contribution is -2.28. The number of anilines is 2. The van der Waals surface area contributed by atoms with Gasteiger partial charge in [-0.3, -0.25) is 0 Å². The van der Waals surface area contributed by atoms with Crippen LogP contribution in [0.15, 0.2) is 34.9 Å². The van der Waals surface area contributed by atoms with Gasteiger partial charge in [0.25, 0.3) is 0 Å². The summed E-state index contributed by atoms with van der Waals surface area (Å²) in [6.07, 6.45) is 0. The van der Waals surface area contributed by atoms with Gasteiger partial charge < -0.3 is 20.9 Å². The van der Waals surface area contributed by atoms with E-state index in [1.807, 2.05) is 0 Å². The Labute approximate surface area is 104 Å². The third kappa shape index (κ3) is 3.24. The molecular formula is C12H14N4O2. The van der Waals surface area contributed by atoms with Crippen molar-refractivity contribution < 1.29 is 9.32 Å². The van der Waals surface area contributed by atoms with Gasteiger partial charge in [-0.2, -0.15) is 0 Å². The quantitative estimate of drug-likeness (QED) is 0.721. The van der Waals surface area contributed by atoms with Crippen molar-refractivity contribution in [2.45, 2.75) is 13.5 Å². The van der Waals surface area contributed by atoms with Crippen LogP contribution in [0.25, 0.3) is 0 Å². The first-order valence-electron chi connectivity index (χ1n) is 5.46. The molecule has 0 aliphatic carbocycles. The standard InChI is InChI=1S/C12H14N4O2/c1-8-6-11(16-18-8)7-14-12(17)15-10-4-2-9(13)3-5-10/h2-6H,7,13H2,1H3,(H2,14,15,17). The summed E-state index contributed by atoms with van der Waals surface area (Å²) in [7, 11) is 0. The van der Waals surface area contributed by atoms with Crippen molar-refractivity contribution in [1.29, 1.82) is 0 Å². The van der Waals surface area contributed by atoms with Crippen molar-refractivity contribution in [3.63, 3.8) is 0 Å². The van der Waals surface area contributed by atoms with Crippen molar-refractivity contribution in [1.82, 2.24) is 10.5 Å². The molecule has 0 atom stereocenters. The molecule has 18 heavy (non-hydrogen) atoms. The lowest BCUT2D eigenvalue weighted by Gasteiger charge is -2.06. The van der Waals surface area contributed by atoms with Crippen LogP contribution >= 0.6 is 0 Å². The summed E-state index contributed by atoms with van der Waals surface area (Å²) in [6.45, 7) is 2.11. The monoisotopic (exact) mass is 246 g/mol. The number of hydrogen-bond donors (Lipinski definition) is 3. The summed E-state index contributed by atoms with van der Waals surface area (Å²) in [4.78, 5) is 11.6. The number of hydrogen-bond acceptors (Lipinski definition) is 4. The van der Waals surface area contributed by atoms with Crippen LogP contribution < -0.4 is 16.4 Å². The van der Waals surface area contributed by atoms with Crippen molar-refractivity contribution in [3.05, 3.63) is 41.8 Å². The van der Waals surface area contributed by atoms with E-state index in [0.29, 0.717) is 29.4 Å². The second kappa shape index (κ2) is 5.22. The van der Waals surface area contributed by atoms with Gasteiger partial charge in [0, 0.05) is 17.4 Å². The normalized spacial score (nSPS) is 10.1. The fraction of sp³-hybridized carbons (Fsp3) is 0.167. The number of nitrogens with zero attached hydrogens (tertiary/aromatic N) is 1. The lowest BCUT2D eigenvalue weighted by atomic mass is 10.3. The predicted molar refractivity (Wildman–Crippen MR) is 68.0 cm³/mol. The number of urea groups is 1. The highest BCUT2D eigenvalue weighted by Crippen LogP contribution is 2.10. The molecule has 6 heteroatoms. The van der Waals surface area contributed by atoms with Gasteiger partial charge in [0.1, 0.15) is 11.5 Å². The molecule has 0 aliphatic heterocycles. The first-order chi connectivity index (χ1) is 8.63. The largest absolute Gasteiger partial charge is 0.399 e. The molecule has 0 radical (unpaired) electrons. The smallest absolute Gasteiger partial charge is 0.319 e. The molecular weight excluding hydrogens is 232 g/mol. The Hall–Kier alpha value is -2.50. The number of nitrogen functional groups attached to an aromatic ring is 1. The second-order valence-electron chi connectivity index (χ2n) is 3.86. The van der Waals surface area contributed by atoms with Crippen molar-refractivity contribution in [2.24, 2.45) is 0 Å². The molecule has 1 heterocycles. The van der Waals surface area contributed by atoms with E-state index in [-0.39, 0.29) is 6.03 Å². The summed E-state index contributed by atoms with van der Waals surface area (Å²) in [5.74, 6) is 0.714. The Morgan fingerprint density at radius 3 is 2.72 bits per heavy atom. The summed E-state index contributed by atoms with van der Waals surface area (Å²) in [5, 5.41) is 9.13. The number of nitrogens with two attached hydrogens (primary N) is 1. The first-order valence-corrected chi connectivity index (χ1v) is 5.46. The summed E-state index contributed by atoms with van der Waals surface area (Å²) in [5.41, 5.74) is 7.56. The van der Waals surface area contributed by atoms with E-state index in [9.17, 15) is 4.79 Å². The Kier molecular flexibility index (Phi) is 3.47. The van der Waals surface area contributed by atoms with Gasteiger partial charge in [0.15, 0.2) is 0 Å². The molecule has 2 amide bonds. The van der Waals surface area contributed by atoms with Gasteiger partial charge in [-0.05, 0) is 31.2 Å². The molecule has 0 unspecified atom stereocenters. The molecule has 1 aromatic carbocycles. The fourth-order valence-corrected chi connectivity index (χ4v) is 1.41. The Morgan fingerprint density at radius 2 is 2.11 bits per heavy atom. The van der Waals surface area contributed by atoms with E-state index in [0.717, 1.165) is 0 Å². The molecule has 0 fully saturated rings. The molecule has 0 saturated heterocycles. The summed E-state index contributed by atoms with van der Waals surface area (Å²) >= 11 is 0. The van der Waals surface area contributed by atoms with Crippen LogP contribution in [0.2, 0.25) is 0 Å². The Bertz CT molecular complexity index is 533. The maximum Gasteiger partial charge on any atom is 0.319 e. The minimum absolute atomic E-state index is 0.305. The predicted octanol–water partition coefficient (Wildman–Crippen LogP) is 1.89. The topological polar surface area (TPSA) is 93.2 Å². The fourth-order valence-electron chi connectivity index (χ4n) is 1.41. The molecule has 94 valence electrons. The minimum Gasteiger partial charge on any atom is -0.399 e. The molecule has 2 rings (SSSR count). The van der Waals surface area contributed by atoms with Gasteiger partial charge in [-0.15, -0.1) is 0 Å². The number of nitrogens with one attached hydrogen (secondary N) is 2. The summed E-state index contributed by atoms with van der Waals surface area (Å²) in [6, 6.07) is 8.36. The zero-order chi connectivity index (χ0) is 13.0. The number of aryl methyl sites for hydroxylation is 1. The number of benzene rings is 1. The van der Waals surface area contributed by atoms with Crippen LogP contribution in [0, 0.1) is 6.92 Å². The maximum absolute atomic E-state index is 11.6. The van der Waals surface area contributed by atoms with Gasteiger partial charge in [-0.1, -0.05) is 5.16 Å². The van der Waals surface area contributed by atoms with E-state index >= 15 is 0 Å². The average Bonchev–Trinajstić information content (AvgIpc) is 2.76.